The van der Waals surface area contributed by atoms with Crippen molar-refractivity contribution in [3.8, 4) is 0 Å². The Morgan fingerprint density at radius 1 is 1.11 bits per heavy atom. The number of nitrogens with one attached hydrogen (secondary N) is 1. The Morgan fingerprint density at radius 3 is 2.46 bits per heavy atom. The summed E-state index contributed by atoms with van der Waals surface area (Å²) < 4.78 is 64.5. The Morgan fingerprint density at radius 2 is 1.79 bits per heavy atom. The minimum absolute atomic E-state index is 0.0667. The molecular weight excluding hydrogens is 389 g/mol. The molecule has 0 radical (unpaired) electrons. The van der Waals surface area contributed by atoms with Crippen LogP contribution in [0.1, 0.15) is 24.3 Å². The largest absolute Gasteiger partial charge is 0.380 e. The van der Waals surface area contributed by atoms with E-state index in [9.17, 15) is 21.6 Å². The van der Waals surface area contributed by atoms with Crippen LogP contribution in [0.4, 0.5) is 18.9 Å². The van der Waals surface area contributed by atoms with Gasteiger partial charge in [-0.05, 0) is 36.6 Å². The van der Waals surface area contributed by atoms with E-state index in [-0.39, 0.29) is 10.5 Å². The van der Waals surface area contributed by atoms with Crippen molar-refractivity contribution in [3.05, 3.63) is 71.1 Å². The summed E-state index contributed by atoms with van der Waals surface area (Å²) in [7, 11) is -3.37. The van der Waals surface area contributed by atoms with Crippen LogP contribution in [-0.4, -0.2) is 27.3 Å². The first-order valence-electron chi connectivity index (χ1n) is 8.77. The maximum atomic E-state index is 14.1. The van der Waals surface area contributed by atoms with Crippen molar-refractivity contribution in [2.75, 3.05) is 18.1 Å². The second kappa shape index (κ2) is 7.97. The van der Waals surface area contributed by atoms with E-state index in [1.807, 2.05) is 6.08 Å². The zero-order valence-corrected chi connectivity index (χ0v) is 16.1. The number of para-hydroxylation sites is 1. The summed E-state index contributed by atoms with van der Waals surface area (Å²) in [4.78, 5) is 0.206. The molecule has 4 nitrogen and oxygen atoms in total. The van der Waals surface area contributed by atoms with Crippen molar-refractivity contribution in [2.45, 2.75) is 29.7 Å². The number of rotatable bonds is 5. The SMILES string of the molecule is CS(=O)(=O)c1ccccc1NCC1=CC[C@@H](c2cc(F)c(F)cc2F)[C@H](N)C1. The highest BCUT2D eigenvalue weighted by atomic mass is 32.2. The summed E-state index contributed by atoms with van der Waals surface area (Å²) in [6, 6.07) is 7.54. The molecule has 0 saturated heterocycles. The Balaban J connectivity index is 1.74. The van der Waals surface area contributed by atoms with Crippen molar-refractivity contribution >= 4 is 15.5 Å². The lowest BCUT2D eigenvalue weighted by Crippen LogP contribution is -2.33. The van der Waals surface area contributed by atoms with Gasteiger partial charge in [-0.25, -0.2) is 21.6 Å². The molecule has 0 spiro atoms. The van der Waals surface area contributed by atoms with Crippen LogP contribution in [0.3, 0.4) is 0 Å². The van der Waals surface area contributed by atoms with Gasteiger partial charge in [-0.2, -0.15) is 0 Å². The van der Waals surface area contributed by atoms with Gasteiger partial charge in [-0.3, -0.25) is 0 Å². The normalized spacial score (nSPS) is 20.0. The number of allylic oxidation sites excluding steroid dienone is 1. The zero-order chi connectivity index (χ0) is 20.5. The first kappa shape index (κ1) is 20.4. The summed E-state index contributed by atoms with van der Waals surface area (Å²) in [6.07, 6.45) is 3.83. The second-order valence-corrected chi connectivity index (χ2v) is 8.97. The van der Waals surface area contributed by atoms with Gasteiger partial charge in [-0.15, -0.1) is 0 Å². The predicted octanol–water partition coefficient (Wildman–Crippen LogP) is 3.75. The van der Waals surface area contributed by atoms with E-state index >= 15 is 0 Å². The number of benzene rings is 2. The molecule has 0 unspecified atom stereocenters. The lowest BCUT2D eigenvalue weighted by Gasteiger charge is -2.29. The molecule has 3 rings (SSSR count). The highest BCUT2D eigenvalue weighted by Crippen LogP contribution is 2.34. The second-order valence-electron chi connectivity index (χ2n) is 6.98. The minimum Gasteiger partial charge on any atom is -0.380 e. The smallest absolute Gasteiger partial charge is 0.177 e. The Hall–Kier alpha value is -2.32. The van der Waals surface area contributed by atoms with Crippen molar-refractivity contribution in [3.63, 3.8) is 0 Å². The third-order valence-electron chi connectivity index (χ3n) is 4.91. The van der Waals surface area contributed by atoms with Crippen molar-refractivity contribution in [1.29, 1.82) is 0 Å². The van der Waals surface area contributed by atoms with E-state index in [2.05, 4.69) is 5.32 Å². The first-order chi connectivity index (χ1) is 13.2. The van der Waals surface area contributed by atoms with E-state index in [1.54, 1.807) is 18.2 Å². The maximum Gasteiger partial charge on any atom is 0.177 e. The van der Waals surface area contributed by atoms with Crippen LogP contribution in [0.15, 0.2) is 52.9 Å². The van der Waals surface area contributed by atoms with Gasteiger partial charge in [0.05, 0.1) is 10.6 Å². The highest BCUT2D eigenvalue weighted by Gasteiger charge is 2.27. The standard InChI is InChI=1S/C20H21F3N2O2S/c1-28(26,27)20-5-3-2-4-19(20)25-11-12-6-7-13(18(24)8-12)14-9-16(22)17(23)10-15(14)21/h2-6,9-10,13,18,25H,7-8,11,24H2,1H3/t13-,18+/m0/s1. The first-order valence-corrected chi connectivity index (χ1v) is 10.7. The number of hydrogen-bond donors (Lipinski definition) is 2. The molecule has 1 aliphatic carbocycles. The highest BCUT2D eigenvalue weighted by molar-refractivity contribution is 7.90. The molecule has 2 aromatic carbocycles. The van der Waals surface area contributed by atoms with Crippen LogP contribution in [0.2, 0.25) is 0 Å². The van der Waals surface area contributed by atoms with E-state index in [0.29, 0.717) is 31.1 Å². The summed E-state index contributed by atoms with van der Waals surface area (Å²) in [5.74, 6) is -3.59. The van der Waals surface area contributed by atoms with Gasteiger partial charge >= 0.3 is 0 Å². The molecule has 0 saturated carbocycles. The average molecular weight is 410 g/mol. The average Bonchev–Trinajstić information content (AvgIpc) is 2.63. The molecule has 0 bridgehead atoms. The molecule has 28 heavy (non-hydrogen) atoms. The third kappa shape index (κ3) is 4.39. The molecule has 0 heterocycles. The molecule has 0 fully saturated rings. The van der Waals surface area contributed by atoms with Crippen LogP contribution in [0, 0.1) is 17.5 Å². The molecule has 0 amide bonds. The Bertz CT molecular complexity index is 1020. The lowest BCUT2D eigenvalue weighted by molar-refractivity contribution is 0.455. The quantitative estimate of drug-likeness (QED) is 0.582. The monoisotopic (exact) mass is 410 g/mol. The number of nitrogens with two attached hydrogens (primary N) is 1. The van der Waals surface area contributed by atoms with Gasteiger partial charge < -0.3 is 11.1 Å². The molecule has 1 aliphatic rings. The lowest BCUT2D eigenvalue weighted by atomic mass is 9.80. The van der Waals surface area contributed by atoms with E-state index in [4.69, 9.17) is 5.73 Å². The molecule has 2 aromatic rings. The van der Waals surface area contributed by atoms with Crippen molar-refractivity contribution < 1.29 is 21.6 Å². The van der Waals surface area contributed by atoms with Crippen LogP contribution in [0.5, 0.6) is 0 Å². The van der Waals surface area contributed by atoms with Gasteiger partial charge in [0.1, 0.15) is 5.82 Å². The summed E-state index contributed by atoms with van der Waals surface area (Å²) >= 11 is 0. The van der Waals surface area contributed by atoms with Gasteiger partial charge in [0.2, 0.25) is 0 Å². The molecule has 3 N–H and O–H groups in total. The Labute approximate surface area is 162 Å². The van der Waals surface area contributed by atoms with Crippen LogP contribution >= 0.6 is 0 Å². The maximum absolute atomic E-state index is 14.1. The van der Waals surface area contributed by atoms with E-state index in [1.165, 1.54) is 6.07 Å². The van der Waals surface area contributed by atoms with Crippen LogP contribution in [-0.2, 0) is 9.84 Å². The number of sulfone groups is 1. The fourth-order valence-corrected chi connectivity index (χ4v) is 4.33. The summed E-state index contributed by atoms with van der Waals surface area (Å²) in [5, 5.41) is 3.11. The molecular formula is C20H21F3N2O2S. The Kier molecular flexibility index (Phi) is 5.81. The van der Waals surface area contributed by atoms with Gasteiger partial charge in [0.15, 0.2) is 21.5 Å². The number of anilines is 1. The molecule has 0 aromatic heterocycles. The topological polar surface area (TPSA) is 72.2 Å². The predicted molar refractivity (Wildman–Crippen MR) is 102 cm³/mol. The van der Waals surface area contributed by atoms with Gasteiger partial charge in [0, 0.05) is 30.8 Å². The fraction of sp³-hybridized carbons (Fsp3) is 0.300. The summed E-state index contributed by atoms with van der Waals surface area (Å²) in [6.45, 7) is 0.382. The number of hydrogen-bond acceptors (Lipinski definition) is 4. The minimum atomic E-state index is -3.37. The van der Waals surface area contributed by atoms with Gasteiger partial charge in [0.25, 0.3) is 0 Å². The van der Waals surface area contributed by atoms with Crippen molar-refractivity contribution in [1.82, 2.24) is 0 Å². The number of halogens is 3. The van der Waals surface area contributed by atoms with E-state index in [0.717, 1.165) is 17.9 Å². The molecule has 8 heteroatoms. The third-order valence-corrected chi connectivity index (χ3v) is 6.06. The van der Waals surface area contributed by atoms with E-state index < -0.39 is 39.2 Å². The summed E-state index contributed by atoms with van der Waals surface area (Å²) in [5.41, 5.74) is 7.68. The molecule has 0 aliphatic heterocycles. The van der Waals surface area contributed by atoms with Crippen molar-refractivity contribution in [2.24, 2.45) is 5.73 Å². The van der Waals surface area contributed by atoms with Crippen LogP contribution < -0.4 is 11.1 Å². The fourth-order valence-electron chi connectivity index (χ4n) is 3.47. The molecule has 2 atom stereocenters. The zero-order valence-electron chi connectivity index (χ0n) is 15.3. The van der Waals surface area contributed by atoms with Crippen LogP contribution in [0.25, 0.3) is 0 Å². The molecule has 150 valence electrons. The van der Waals surface area contributed by atoms with Gasteiger partial charge in [-0.1, -0.05) is 23.8 Å².